The van der Waals surface area contributed by atoms with Gasteiger partial charge in [-0.15, -0.1) is 0 Å². The molecule has 0 bridgehead atoms. The molecule has 1 fully saturated rings. The summed E-state index contributed by atoms with van der Waals surface area (Å²) in [6.07, 6.45) is 0. The summed E-state index contributed by atoms with van der Waals surface area (Å²) in [7, 11) is 1.62. The van der Waals surface area contributed by atoms with Crippen molar-refractivity contribution in [2.24, 2.45) is 4.99 Å². The van der Waals surface area contributed by atoms with Crippen LogP contribution < -0.4 is 4.74 Å². The Hall–Kier alpha value is -2.06. The minimum atomic E-state index is 0.434. The third-order valence-corrected chi connectivity index (χ3v) is 2.72. The molecule has 1 aliphatic rings. The monoisotopic (exact) mass is 245 g/mol. The first-order valence-electron chi connectivity index (χ1n) is 5.79. The quantitative estimate of drug-likeness (QED) is 0.586. The molecule has 1 heterocycles. The number of benzene rings is 1. The topological polar surface area (TPSA) is 57.8 Å². The van der Waals surface area contributed by atoms with Gasteiger partial charge in [0, 0.05) is 13.1 Å². The smallest absolute Gasteiger partial charge is 0.209 e. The number of nitrogens with zero attached hydrogens (tertiary/aromatic N) is 3. The number of morpholine rings is 1. The maximum atomic E-state index is 9.15. The third kappa shape index (κ3) is 2.99. The lowest BCUT2D eigenvalue weighted by atomic mass is 10.3. The van der Waals surface area contributed by atoms with Crippen LogP contribution in [-0.2, 0) is 4.74 Å². The molecule has 1 aliphatic heterocycles. The molecule has 5 nitrogen and oxygen atoms in total. The summed E-state index contributed by atoms with van der Waals surface area (Å²) in [5, 5.41) is 9.15. The molecular formula is C13H15N3O2. The van der Waals surface area contributed by atoms with E-state index in [1.807, 2.05) is 29.2 Å². The Bertz CT molecular complexity index is 456. The largest absolute Gasteiger partial charge is 0.497 e. The molecule has 1 aromatic carbocycles. The fraction of sp³-hybridized carbons (Fsp3) is 0.385. The summed E-state index contributed by atoms with van der Waals surface area (Å²) >= 11 is 0. The minimum Gasteiger partial charge on any atom is -0.497 e. The van der Waals surface area contributed by atoms with Crippen molar-refractivity contribution in [3.63, 3.8) is 0 Å². The van der Waals surface area contributed by atoms with Crippen LogP contribution in [-0.4, -0.2) is 44.1 Å². The van der Waals surface area contributed by atoms with Gasteiger partial charge < -0.3 is 14.4 Å². The Morgan fingerprint density at radius 2 is 2.00 bits per heavy atom. The van der Waals surface area contributed by atoms with E-state index in [9.17, 15) is 0 Å². The van der Waals surface area contributed by atoms with E-state index in [1.165, 1.54) is 0 Å². The molecule has 0 aromatic heterocycles. The number of methoxy groups -OCH3 is 1. The first kappa shape index (κ1) is 12.4. The number of hydrogen-bond donors (Lipinski definition) is 0. The summed E-state index contributed by atoms with van der Waals surface area (Å²) in [6.45, 7) is 2.71. The molecule has 0 amide bonds. The van der Waals surface area contributed by atoms with E-state index in [1.54, 1.807) is 7.11 Å². The molecular weight excluding hydrogens is 230 g/mol. The molecule has 0 saturated carbocycles. The van der Waals surface area contributed by atoms with E-state index >= 15 is 0 Å². The van der Waals surface area contributed by atoms with Gasteiger partial charge in [-0.05, 0) is 24.3 Å². The van der Waals surface area contributed by atoms with Crippen molar-refractivity contribution in [2.45, 2.75) is 0 Å². The second kappa shape index (κ2) is 6.03. The van der Waals surface area contributed by atoms with E-state index in [0.717, 1.165) is 11.4 Å². The molecule has 1 saturated heterocycles. The van der Waals surface area contributed by atoms with Crippen LogP contribution in [0.15, 0.2) is 29.3 Å². The predicted octanol–water partition coefficient (Wildman–Crippen LogP) is 1.58. The van der Waals surface area contributed by atoms with Gasteiger partial charge in [0.05, 0.1) is 26.0 Å². The molecule has 0 N–H and O–H groups in total. The van der Waals surface area contributed by atoms with Crippen LogP contribution in [0, 0.1) is 11.3 Å². The maximum absolute atomic E-state index is 9.15. The first-order chi connectivity index (χ1) is 8.83. The van der Waals surface area contributed by atoms with Crippen LogP contribution in [0.1, 0.15) is 0 Å². The fourth-order valence-electron chi connectivity index (χ4n) is 1.72. The molecule has 0 unspecified atom stereocenters. The first-order valence-corrected chi connectivity index (χ1v) is 5.79. The predicted molar refractivity (Wildman–Crippen MR) is 68.1 cm³/mol. The summed E-state index contributed by atoms with van der Waals surface area (Å²) in [6, 6.07) is 9.45. The van der Waals surface area contributed by atoms with Crippen LogP contribution in [0.2, 0.25) is 0 Å². The number of ether oxygens (including phenoxy) is 2. The zero-order valence-corrected chi connectivity index (χ0v) is 10.3. The average molecular weight is 245 g/mol. The SMILES string of the molecule is COc1ccc(N=C(C#N)N2CCOCC2)cc1. The Labute approximate surface area is 106 Å². The average Bonchev–Trinajstić information content (AvgIpc) is 2.46. The van der Waals surface area contributed by atoms with Gasteiger partial charge in [-0.2, -0.15) is 5.26 Å². The fourth-order valence-corrected chi connectivity index (χ4v) is 1.72. The normalized spacial score (nSPS) is 16.2. The summed E-state index contributed by atoms with van der Waals surface area (Å²) < 4.78 is 10.3. The van der Waals surface area contributed by atoms with E-state index in [0.29, 0.717) is 32.1 Å². The third-order valence-electron chi connectivity index (χ3n) is 2.72. The number of nitriles is 1. The standard InChI is InChI=1S/C13H15N3O2/c1-17-12-4-2-11(3-5-12)15-13(10-14)16-6-8-18-9-7-16/h2-5H,6-9H2,1H3. The van der Waals surface area contributed by atoms with Gasteiger partial charge >= 0.3 is 0 Å². The van der Waals surface area contributed by atoms with Crippen molar-refractivity contribution >= 4 is 11.5 Å². The zero-order chi connectivity index (χ0) is 12.8. The van der Waals surface area contributed by atoms with Crippen LogP contribution >= 0.6 is 0 Å². The molecule has 1 aromatic rings. The van der Waals surface area contributed by atoms with E-state index < -0.39 is 0 Å². The van der Waals surface area contributed by atoms with Crippen LogP contribution in [0.3, 0.4) is 0 Å². The van der Waals surface area contributed by atoms with Gasteiger partial charge in [-0.1, -0.05) is 0 Å². The van der Waals surface area contributed by atoms with Crippen molar-refractivity contribution in [3.8, 4) is 11.8 Å². The van der Waals surface area contributed by atoms with Crippen molar-refractivity contribution in [2.75, 3.05) is 33.4 Å². The highest BCUT2D eigenvalue weighted by Gasteiger charge is 2.14. The van der Waals surface area contributed by atoms with Gasteiger partial charge in [0.2, 0.25) is 5.84 Å². The van der Waals surface area contributed by atoms with Crippen molar-refractivity contribution in [3.05, 3.63) is 24.3 Å². The highest BCUT2D eigenvalue weighted by atomic mass is 16.5. The summed E-state index contributed by atoms with van der Waals surface area (Å²) in [5.41, 5.74) is 0.749. The molecule has 2 rings (SSSR count). The van der Waals surface area contributed by atoms with Gasteiger partial charge in [-0.25, -0.2) is 4.99 Å². The maximum Gasteiger partial charge on any atom is 0.209 e. The van der Waals surface area contributed by atoms with Crippen LogP contribution in [0.25, 0.3) is 0 Å². The molecule has 0 atom stereocenters. The molecule has 94 valence electrons. The van der Waals surface area contributed by atoms with Crippen LogP contribution in [0.4, 0.5) is 5.69 Å². The number of amidine groups is 1. The van der Waals surface area contributed by atoms with Gasteiger partial charge in [-0.3, -0.25) is 0 Å². The lowest BCUT2D eigenvalue weighted by molar-refractivity contribution is 0.0686. The molecule has 0 radical (unpaired) electrons. The Morgan fingerprint density at radius 3 is 2.56 bits per heavy atom. The summed E-state index contributed by atoms with van der Waals surface area (Å²) in [5.74, 6) is 1.21. The second-order valence-electron chi connectivity index (χ2n) is 3.84. The molecule has 0 aliphatic carbocycles. The number of rotatable bonds is 2. The van der Waals surface area contributed by atoms with Gasteiger partial charge in [0.15, 0.2) is 0 Å². The lowest BCUT2D eigenvalue weighted by Crippen LogP contribution is -2.40. The second-order valence-corrected chi connectivity index (χ2v) is 3.84. The number of hydrogen-bond acceptors (Lipinski definition) is 4. The molecule has 0 spiro atoms. The van der Waals surface area contributed by atoms with E-state index in [4.69, 9.17) is 14.7 Å². The van der Waals surface area contributed by atoms with Crippen molar-refractivity contribution in [1.29, 1.82) is 5.26 Å². The Kier molecular flexibility index (Phi) is 4.15. The minimum absolute atomic E-state index is 0.434. The van der Waals surface area contributed by atoms with E-state index in [2.05, 4.69) is 11.1 Å². The van der Waals surface area contributed by atoms with E-state index in [-0.39, 0.29) is 0 Å². The molecule has 5 heteroatoms. The molecule has 18 heavy (non-hydrogen) atoms. The number of aliphatic imine (C=N–C) groups is 1. The lowest BCUT2D eigenvalue weighted by Gasteiger charge is -2.26. The van der Waals surface area contributed by atoms with Crippen molar-refractivity contribution < 1.29 is 9.47 Å². The Morgan fingerprint density at radius 1 is 1.33 bits per heavy atom. The Balaban J connectivity index is 2.15. The zero-order valence-electron chi connectivity index (χ0n) is 10.3. The highest BCUT2D eigenvalue weighted by molar-refractivity contribution is 5.98. The van der Waals surface area contributed by atoms with Gasteiger partial charge in [0.25, 0.3) is 0 Å². The highest BCUT2D eigenvalue weighted by Crippen LogP contribution is 2.18. The van der Waals surface area contributed by atoms with Crippen molar-refractivity contribution in [1.82, 2.24) is 4.90 Å². The van der Waals surface area contributed by atoms with Crippen LogP contribution in [0.5, 0.6) is 5.75 Å². The summed E-state index contributed by atoms with van der Waals surface area (Å²) in [4.78, 5) is 6.28. The van der Waals surface area contributed by atoms with Gasteiger partial charge in [0.1, 0.15) is 11.8 Å².